The molecular weight excluding hydrogens is 188 g/mol. The number of pyridine rings is 2. The van der Waals surface area contributed by atoms with Crippen LogP contribution in [0.2, 0.25) is 0 Å². The van der Waals surface area contributed by atoms with Gasteiger partial charge in [-0.3, -0.25) is 9.97 Å². The molecule has 0 atom stereocenters. The van der Waals surface area contributed by atoms with Gasteiger partial charge < -0.3 is 11.1 Å². The number of hydrogen-bond donors (Lipinski definition) is 2. The molecule has 0 aromatic carbocycles. The number of hydrogen-bond acceptors (Lipinski definition) is 4. The van der Waals surface area contributed by atoms with Gasteiger partial charge in [0.05, 0.1) is 29.5 Å². The molecule has 0 aliphatic rings. The van der Waals surface area contributed by atoms with E-state index in [0.29, 0.717) is 5.69 Å². The van der Waals surface area contributed by atoms with Crippen molar-refractivity contribution in [3.8, 4) is 0 Å². The fourth-order valence-electron chi connectivity index (χ4n) is 1.26. The highest BCUT2D eigenvalue weighted by atomic mass is 14.9. The molecule has 0 spiro atoms. The van der Waals surface area contributed by atoms with Gasteiger partial charge in [0.25, 0.3) is 0 Å². The van der Waals surface area contributed by atoms with Crippen LogP contribution in [0.1, 0.15) is 5.56 Å². The van der Waals surface area contributed by atoms with Gasteiger partial charge in [-0.2, -0.15) is 0 Å². The molecule has 0 fully saturated rings. The van der Waals surface area contributed by atoms with Crippen molar-refractivity contribution in [3.63, 3.8) is 0 Å². The molecule has 0 aliphatic carbocycles. The maximum Gasteiger partial charge on any atom is 0.0739 e. The Kier molecular flexibility index (Phi) is 2.49. The largest absolute Gasteiger partial charge is 0.396 e. The van der Waals surface area contributed by atoms with Crippen molar-refractivity contribution in [2.75, 3.05) is 11.1 Å². The second-order valence-electron chi connectivity index (χ2n) is 3.28. The van der Waals surface area contributed by atoms with E-state index in [1.54, 1.807) is 24.8 Å². The second-order valence-corrected chi connectivity index (χ2v) is 3.28. The summed E-state index contributed by atoms with van der Waals surface area (Å²) in [6, 6.07) is 3.78. The number of nitrogens with one attached hydrogen (secondary N) is 1. The highest BCUT2D eigenvalue weighted by Gasteiger charge is 2.00. The SMILES string of the molecule is Cc1ccncc1Nc1ccncc1N. The van der Waals surface area contributed by atoms with Gasteiger partial charge >= 0.3 is 0 Å². The number of nitrogen functional groups attached to an aromatic ring is 1. The Balaban J connectivity index is 2.30. The molecule has 2 aromatic heterocycles. The minimum absolute atomic E-state index is 0.626. The first kappa shape index (κ1) is 9.45. The Bertz CT molecular complexity index is 424. The summed E-state index contributed by atoms with van der Waals surface area (Å²) in [4.78, 5) is 7.98. The summed E-state index contributed by atoms with van der Waals surface area (Å²) >= 11 is 0. The van der Waals surface area contributed by atoms with E-state index in [9.17, 15) is 0 Å². The zero-order valence-electron chi connectivity index (χ0n) is 8.44. The Morgan fingerprint density at radius 1 is 1.07 bits per heavy atom. The fourth-order valence-corrected chi connectivity index (χ4v) is 1.26. The number of anilines is 3. The Morgan fingerprint density at radius 2 is 1.80 bits per heavy atom. The third-order valence-corrected chi connectivity index (χ3v) is 2.16. The van der Waals surface area contributed by atoms with E-state index >= 15 is 0 Å². The summed E-state index contributed by atoms with van der Waals surface area (Å²) in [5.74, 6) is 0. The van der Waals surface area contributed by atoms with E-state index in [4.69, 9.17) is 5.73 Å². The normalized spacial score (nSPS) is 9.93. The van der Waals surface area contributed by atoms with Gasteiger partial charge in [0, 0.05) is 12.4 Å². The van der Waals surface area contributed by atoms with Gasteiger partial charge in [0.1, 0.15) is 0 Å². The number of aromatic nitrogens is 2. The monoisotopic (exact) mass is 200 g/mol. The van der Waals surface area contributed by atoms with Gasteiger partial charge in [-0.1, -0.05) is 0 Å². The summed E-state index contributed by atoms with van der Waals surface area (Å²) in [7, 11) is 0. The predicted octanol–water partition coefficient (Wildman–Crippen LogP) is 2.11. The first-order valence-corrected chi connectivity index (χ1v) is 4.64. The molecule has 3 N–H and O–H groups in total. The lowest BCUT2D eigenvalue weighted by Crippen LogP contribution is -1.98. The summed E-state index contributed by atoms with van der Waals surface area (Å²) < 4.78 is 0. The molecule has 0 aliphatic heterocycles. The minimum Gasteiger partial charge on any atom is -0.396 e. The van der Waals surface area contributed by atoms with Crippen molar-refractivity contribution in [1.82, 2.24) is 9.97 Å². The maximum atomic E-state index is 5.77. The molecule has 2 heterocycles. The van der Waals surface area contributed by atoms with Crippen LogP contribution in [-0.4, -0.2) is 9.97 Å². The van der Waals surface area contributed by atoms with Gasteiger partial charge in [0.15, 0.2) is 0 Å². The van der Waals surface area contributed by atoms with Crippen molar-refractivity contribution in [2.45, 2.75) is 6.92 Å². The first-order chi connectivity index (χ1) is 7.27. The van der Waals surface area contributed by atoms with E-state index < -0.39 is 0 Å². The van der Waals surface area contributed by atoms with E-state index in [1.165, 1.54) is 0 Å². The lowest BCUT2D eigenvalue weighted by molar-refractivity contribution is 1.27. The second kappa shape index (κ2) is 3.96. The molecule has 15 heavy (non-hydrogen) atoms. The van der Waals surface area contributed by atoms with Crippen LogP contribution in [0.4, 0.5) is 17.1 Å². The first-order valence-electron chi connectivity index (χ1n) is 4.64. The molecule has 4 heteroatoms. The van der Waals surface area contributed by atoms with Crippen molar-refractivity contribution in [3.05, 3.63) is 42.5 Å². The Hall–Kier alpha value is -2.10. The van der Waals surface area contributed by atoms with Crippen LogP contribution in [0.25, 0.3) is 0 Å². The number of rotatable bonds is 2. The zero-order chi connectivity index (χ0) is 10.7. The van der Waals surface area contributed by atoms with Gasteiger partial charge in [-0.15, -0.1) is 0 Å². The Labute approximate surface area is 88.2 Å². The van der Waals surface area contributed by atoms with Crippen LogP contribution < -0.4 is 11.1 Å². The molecule has 0 unspecified atom stereocenters. The van der Waals surface area contributed by atoms with Crippen molar-refractivity contribution in [2.24, 2.45) is 0 Å². The third-order valence-electron chi connectivity index (χ3n) is 2.16. The summed E-state index contributed by atoms with van der Waals surface area (Å²) in [6.07, 6.45) is 6.85. The molecular formula is C11H12N4. The summed E-state index contributed by atoms with van der Waals surface area (Å²) in [5.41, 5.74) is 9.33. The van der Waals surface area contributed by atoms with E-state index in [-0.39, 0.29) is 0 Å². The summed E-state index contributed by atoms with van der Waals surface area (Å²) in [5, 5.41) is 3.21. The van der Waals surface area contributed by atoms with Crippen LogP contribution in [0, 0.1) is 6.92 Å². The van der Waals surface area contributed by atoms with Crippen LogP contribution in [0.15, 0.2) is 36.9 Å². The number of nitrogens with two attached hydrogens (primary N) is 1. The van der Waals surface area contributed by atoms with E-state index in [0.717, 1.165) is 16.9 Å². The zero-order valence-corrected chi connectivity index (χ0v) is 8.44. The molecule has 0 bridgehead atoms. The van der Waals surface area contributed by atoms with Gasteiger partial charge in [-0.05, 0) is 24.6 Å². The van der Waals surface area contributed by atoms with Crippen LogP contribution in [-0.2, 0) is 0 Å². The van der Waals surface area contributed by atoms with Crippen LogP contribution in [0.3, 0.4) is 0 Å². The lowest BCUT2D eigenvalue weighted by atomic mass is 10.2. The minimum atomic E-state index is 0.626. The smallest absolute Gasteiger partial charge is 0.0739 e. The van der Waals surface area contributed by atoms with E-state index in [1.807, 2.05) is 19.1 Å². The maximum absolute atomic E-state index is 5.77. The molecule has 76 valence electrons. The van der Waals surface area contributed by atoms with Crippen molar-refractivity contribution < 1.29 is 0 Å². The highest BCUT2D eigenvalue weighted by Crippen LogP contribution is 2.22. The lowest BCUT2D eigenvalue weighted by Gasteiger charge is -2.10. The summed E-state index contributed by atoms with van der Waals surface area (Å²) in [6.45, 7) is 2.02. The molecule has 0 amide bonds. The van der Waals surface area contributed by atoms with E-state index in [2.05, 4.69) is 15.3 Å². The van der Waals surface area contributed by atoms with Gasteiger partial charge in [-0.25, -0.2) is 0 Å². The highest BCUT2D eigenvalue weighted by molar-refractivity contribution is 5.72. The average Bonchev–Trinajstić information content (AvgIpc) is 2.24. The molecule has 2 aromatic rings. The Morgan fingerprint density at radius 3 is 2.53 bits per heavy atom. The van der Waals surface area contributed by atoms with Crippen molar-refractivity contribution >= 4 is 17.1 Å². The van der Waals surface area contributed by atoms with Gasteiger partial charge in [0.2, 0.25) is 0 Å². The quantitative estimate of drug-likeness (QED) is 0.779. The van der Waals surface area contributed by atoms with Crippen molar-refractivity contribution in [1.29, 1.82) is 0 Å². The van der Waals surface area contributed by atoms with Crippen LogP contribution >= 0.6 is 0 Å². The van der Waals surface area contributed by atoms with Crippen LogP contribution in [0.5, 0.6) is 0 Å². The standard InChI is InChI=1S/C11H12N4/c1-8-2-4-14-7-11(8)15-10-3-5-13-6-9(10)12/h2-7H,12H2,1H3,(H,13,15). The molecule has 4 nitrogen and oxygen atoms in total. The number of aryl methyl sites for hydroxylation is 1. The topological polar surface area (TPSA) is 63.8 Å². The third kappa shape index (κ3) is 2.04. The fraction of sp³-hybridized carbons (Fsp3) is 0.0909. The number of nitrogens with zero attached hydrogens (tertiary/aromatic N) is 2. The molecule has 0 radical (unpaired) electrons. The molecule has 0 saturated heterocycles. The average molecular weight is 200 g/mol. The molecule has 2 rings (SSSR count). The molecule has 0 saturated carbocycles. The predicted molar refractivity (Wildman–Crippen MR) is 60.9 cm³/mol.